The second kappa shape index (κ2) is 3.84. The van der Waals surface area contributed by atoms with E-state index in [1.54, 1.807) is 12.1 Å². The van der Waals surface area contributed by atoms with Crippen LogP contribution in [0, 0.1) is 5.82 Å². The van der Waals surface area contributed by atoms with Crippen LogP contribution in [0.3, 0.4) is 0 Å². The summed E-state index contributed by atoms with van der Waals surface area (Å²) >= 11 is 0. The summed E-state index contributed by atoms with van der Waals surface area (Å²) < 4.78 is 23.6. The van der Waals surface area contributed by atoms with Crippen molar-refractivity contribution in [3.8, 4) is 11.5 Å². The molecule has 0 bridgehead atoms. The lowest BCUT2D eigenvalue weighted by molar-refractivity contribution is 0.170. The lowest BCUT2D eigenvalue weighted by atomic mass is 10.1. The van der Waals surface area contributed by atoms with Crippen LogP contribution in [-0.2, 0) is 6.42 Å². The molecule has 1 heterocycles. The van der Waals surface area contributed by atoms with Crippen LogP contribution in [-0.4, -0.2) is 18.5 Å². The number of benzene rings is 1. The van der Waals surface area contributed by atoms with Crippen molar-refractivity contribution >= 4 is 0 Å². The summed E-state index contributed by atoms with van der Waals surface area (Å²) in [5, 5.41) is 8.63. The molecular formula is C10H11FO3. The average molecular weight is 198 g/mol. The number of ether oxygens (including phenoxy) is 2. The first-order chi connectivity index (χ1) is 6.83. The molecule has 0 saturated heterocycles. The van der Waals surface area contributed by atoms with Gasteiger partial charge in [-0.25, -0.2) is 4.39 Å². The van der Waals surface area contributed by atoms with E-state index in [-0.39, 0.29) is 25.0 Å². The number of rotatable bonds is 3. The lowest BCUT2D eigenvalue weighted by Gasteiger charge is -2.04. The maximum atomic E-state index is 13.6. The van der Waals surface area contributed by atoms with Gasteiger partial charge in [0.25, 0.3) is 0 Å². The van der Waals surface area contributed by atoms with Crippen molar-refractivity contribution in [1.82, 2.24) is 0 Å². The van der Waals surface area contributed by atoms with Gasteiger partial charge < -0.3 is 14.6 Å². The zero-order valence-corrected chi connectivity index (χ0v) is 7.62. The normalized spacial score (nSPS) is 13.3. The van der Waals surface area contributed by atoms with E-state index in [0.29, 0.717) is 24.2 Å². The highest BCUT2D eigenvalue weighted by Crippen LogP contribution is 2.36. The fraction of sp³-hybridized carbons (Fsp3) is 0.400. The van der Waals surface area contributed by atoms with Gasteiger partial charge in [-0.3, -0.25) is 0 Å². The topological polar surface area (TPSA) is 38.7 Å². The van der Waals surface area contributed by atoms with Crippen LogP contribution in [0.2, 0.25) is 0 Å². The molecule has 76 valence electrons. The Balaban J connectivity index is 2.26. The average Bonchev–Trinajstić information content (AvgIpc) is 2.66. The minimum absolute atomic E-state index is 0.0634. The predicted octanol–water partition coefficient (Wildman–Crippen LogP) is 1.48. The van der Waals surface area contributed by atoms with Crippen molar-refractivity contribution < 1.29 is 19.0 Å². The molecule has 0 unspecified atom stereocenters. The first-order valence-corrected chi connectivity index (χ1v) is 4.51. The SMILES string of the molecule is OCCCc1ccc2c(c1F)OCO2. The minimum Gasteiger partial charge on any atom is -0.453 e. The van der Waals surface area contributed by atoms with E-state index in [2.05, 4.69) is 0 Å². The minimum atomic E-state index is -0.367. The highest BCUT2D eigenvalue weighted by Gasteiger charge is 2.20. The van der Waals surface area contributed by atoms with Gasteiger partial charge in [-0.2, -0.15) is 0 Å². The van der Waals surface area contributed by atoms with Gasteiger partial charge in [-0.1, -0.05) is 6.07 Å². The second-order valence-corrected chi connectivity index (χ2v) is 3.10. The van der Waals surface area contributed by atoms with Crippen molar-refractivity contribution in [2.45, 2.75) is 12.8 Å². The van der Waals surface area contributed by atoms with Crippen LogP contribution < -0.4 is 9.47 Å². The number of hydrogen-bond acceptors (Lipinski definition) is 3. The van der Waals surface area contributed by atoms with E-state index < -0.39 is 0 Å². The molecule has 1 N–H and O–H groups in total. The molecule has 0 saturated carbocycles. The molecule has 0 aromatic heterocycles. The molecule has 0 atom stereocenters. The van der Waals surface area contributed by atoms with E-state index in [0.717, 1.165) is 0 Å². The van der Waals surface area contributed by atoms with Crippen LogP contribution in [0.25, 0.3) is 0 Å². The fourth-order valence-corrected chi connectivity index (χ4v) is 1.44. The molecule has 1 aliphatic rings. The van der Waals surface area contributed by atoms with Crippen LogP contribution in [0.5, 0.6) is 11.5 Å². The molecular weight excluding hydrogens is 187 g/mol. The van der Waals surface area contributed by atoms with E-state index in [9.17, 15) is 4.39 Å². The molecule has 3 nitrogen and oxygen atoms in total. The molecule has 0 fully saturated rings. The van der Waals surface area contributed by atoms with Crippen LogP contribution in [0.15, 0.2) is 12.1 Å². The van der Waals surface area contributed by atoms with Gasteiger partial charge in [-0.05, 0) is 24.5 Å². The van der Waals surface area contributed by atoms with Gasteiger partial charge in [0.2, 0.25) is 12.5 Å². The summed E-state index contributed by atoms with van der Waals surface area (Å²) in [5.41, 5.74) is 0.559. The first-order valence-electron chi connectivity index (χ1n) is 4.51. The Morgan fingerprint density at radius 3 is 3.00 bits per heavy atom. The molecule has 1 aromatic rings. The molecule has 1 aliphatic heterocycles. The number of aliphatic hydroxyl groups is 1. The first kappa shape index (κ1) is 9.27. The third-order valence-electron chi connectivity index (χ3n) is 2.16. The zero-order chi connectivity index (χ0) is 9.97. The predicted molar refractivity (Wildman–Crippen MR) is 47.9 cm³/mol. The Labute approximate surface area is 81.1 Å². The Morgan fingerprint density at radius 1 is 1.36 bits per heavy atom. The van der Waals surface area contributed by atoms with Crippen molar-refractivity contribution in [3.63, 3.8) is 0 Å². The number of aryl methyl sites for hydroxylation is 1. The highest BCUT2D eigenvalue weighted by atomic mass is 19.1. The molecule has 1 aromatic carbocycles. The van der Waals surface area contributed by atoms with Crippen LogP contribution >= 0.6 is 0 Å². The standard InChI is InChI=1S/C10H11FO3/c11-9-7(2-1-5-12)3-4-8-10(9)14-6-13-8/h3-4,12H,1-2,5-6H2. The number of hydrogen-bond donors (Lipinski definition) is 1. The summed E-state index contributed by atoms with van der Waals surface area (Å²) in [6.45, 7) is 0.142. The third-order valence-corrected chi connectivity index (χ3v) is 2.16. The van der Waals surface area contributed by atoms with Crippen molar-refractivity contribution in [2.24, 2.45) is 0 Å². The molecule has 14 heavy (non-hydrogen) atoms. The van der Waals surface area contributed by atoms with Crippen molar-refractivity contribution in [1.29, 1.82) is 0 Å². The van der Waals surface area contributed by atoms with Crippen molar-refractivity contribution in [3.05, 3.63) is 23.5 Å². The quantitative estimate of drug-likeness (QED) is 0.799. The number of halogens is 1. The maximum absolute atomic E-state index is 13.6. The smallest absolute Gasteiger partial charge is 0.231 e. The summed E-state index contributed by atoms with van der Waals surface area (Å²) in [5.74, 6) is 0.282. The van der Waals surface area contributed by atoms with Gasteiger partial charge in [0, 0.05) is 6.61 Å². The number of aliphatic hydroxyl groups excluding tert-OH is 1. The molecule has 0 radical (unpaired) electrons. The monoisotopic (exact) mass is 198 g/mol. The van der Waals surface area contributed by atoms with Gasteiger partial charge in [0.05, 0.1) is 0 Å². The van der Waals surface area contributed by atoms with Gasteiger partial charge >= 0.3 is 0 Å². The van der Waals surface area contributed by atoms with E-state index in [4.69, 9.17) is 14.6 Å². The molecule has 2 rings (SSSR count). The lowest BCUT2D eigenvalue weighted by Crippen LogP contribution is -1.96. The summed E-state index contributed by atoms with van der Waals surface area (Å²) in [6, 6.07) is 3.36. The highest BCUT2D eigenvalue weighted by molar-refractivity contribution is 5.46. The van der Waals surface area contributed by atoms with Crippen LogP contribution in [0.1, 0.15) is 12.0 Å². The van der Waals surface area contributed by atoms with E-state index >= 15 is 0 Å². The Kier molecular flexibility index (Phi) is 2.54. The van der Waals surface area contributed by atoms with Crippen molar-refractivity contribution in [2.75, 3.05) is 13.4 Å². The molecule has 4 heteroatoms. The summed E-state index contributed by atoms with van der Waals surface area (Å²) in [6.07, 6.45) is 1.07. The Bertz CT molecular complexity index is 338. The molecule has 0 spiro atoms. The van der Waals surface area contributed by atoms with Gasteiger partial charge in [0.1, 0.15) is 0 Å². The van der Waals surface area contributed by atoms with Gasteiger partial charge in [-0.15, -0.1) is 0 Å². The largest absolute Gasteiger partial charge is 0.453 e. The van der Waals surface area contributed by atoms with Gasteiger partial charge in [0.15, 0.2) is 11.6 Å². The van der Waals surface area contributed by atoms with Crippen LogP contribution in [0.4, 0.5) is 4.39 Å². The molecule has 0 amide bonds. The Hall–Kier alpha value is -1.29. The second-order valence-electron chi connectivity index (χ2n) is 3.10. The molecule has 0 aliphatic carbocycles. The fourth-order valence-electron chi connectivity index (χ4n) is 1.44. The third kappa shape index (κ3) is 1.53. The maximum Gasteiger partial charge on any atom is 0.231 e. The summed E-state index contributed by atoms with van der Waals surface area (Å²) in [4.78, 5) is 0. The van der Waals surface area contributed by atoms with E-state index in [1.165, 1.54) is 0 Å². The number of fused-ring (bicyclic) bond motifs is 1. The Morgan fingerprint density at radius 2 is 2.21 bits per heavy atom. The van der Waals surface area contributed by atoms with E-state index in [1.807, 2.05) is 0 Å². The summed E-state index contributed by atoms with van der Waals surface area (Å²) in [7, 11) is 0. The zero-order valence-electron chi connectivity index (χ0n) is 7.62.